The molecule has 0 aliphatic carbocycles. The number of benzene rings is 1. The summed E-state index contributed by atoms with van der Waals surface area (Å²) in [4.78, 5) is 12.9. The maximum atomic E-state index is 11.9. The lowest BCUT2D eigenvalue weighted by Gasteiger charge is -1.97. The molecule has 2 heterocycles. The summed E-state index contributed by atoms with van der Waals surface area (Å²) in [5.74, 6) is 0. The molecule has 0 atom stereocenters. The van der Waals surface area contributed by atoms with Crippen molar-refractivity contribution < 1.29 is 0 Å². The number of hydrogen-bond acceptors (Lipinski definition) is 2. The molecule has 3 heteroatoms. The predicted octanol–water partition coefficient (Wildman–Crippen LogP) is 2.51. The summed E-state index contributed by atoms with van der Waals surface area (Å²) in [5.41, 5.74) is 0.0688. The van der Waals surface area contributed by atoms with E-state index in [1.807, 2.05) is 36.4 Å². The molecular formula is C11H7NOS. The van der Waals surface area contributed by atoms with Crippen LogP contribution in [0.25, 0.3) is 14.9 Å². The normalized spacial score (nSPS) is 11.1. The van der Waals surface area contributed by atoms with E-state index < -0.39 is 0 Å². The van der Waals surface area contributed by atoms with Gasteiger partial charge in [0.15, 0.2) is 0 Å². The third-order valence-corrected chi connectivity index (χ3v) is 3.38. The van der Waals surface area contributed by atoms with Gasteiger partial charge in [0.2, 0.25) is 0 Å². The zero-order valence-corrected chi connectivity index (χ0v) is 8.12. The summed E-state index contributed by atoms with van der Waals surface area (Å²) in [6, 6.07) is 11.6. The van der Waals surface area contributed by atoms with E-state index in [9.17, 15) is 4.79 Å². The largest absolute Gasteiger partial charge is 0.275 e. The van der Waals surface area contributed by atoms with E-state index in [2.05, 4.69) is 0 Å². The van der Waals surface area contributed by atoms with Gasteiger partial charge in [-0.1, -0.05) is 12.1 Å². The molecule has 0 bridgehead atoms. The van der Waals surface area contributed by atoms with Crippen molar-refractivity contribution in [1.29, 1.82) is 0 Å². The van der Waals surface area contributed by atoms with Crippen molar-refractivity contribution >= 4 is 26.3 Å². The van der Waals surface area contributed by atoms with Crippen LogP contribution in [-0.2, 0) is 0 Å². The smallest absolute Gasteiger partial charge is 0.264 e. The van der Waals surface area contributed by atoms with Gasteiger partial charge in [-0.25, -0.2) is 0 Å². The van der Waals surface area contributed by atoms with Crippen LogP contribution in [0.15, 0.2) is 47.4 Å². The van der Waals surface area contributed by atoms with E-state index in [4.69, 9.17) is 0 Å². The van der Waals surface area contributed by atoms with Crippen LogP contribution in [0.5, 0.6) is 0 Å². The first-order valence-electron chi connectivity index (χ1n) is 4.35. The Morgan fingerprint density at radius 3 is 2.86 bits per heavy atom. The van der Waals surface area contributed by atoms with Crippen LogP contribution in [0.4, 0.5) is 0 Å². The van der Waals surface area contributed by atoms with Gasteiger partial charge in [-0.15, -0.1) is 11.3 Å². The average Bonchev–Trinajstić information content (AvgIpc) is 2.66. The molecule has 0 spiro atoms. The molecule has 0 aliphatic rings. The predicted molar refractivity (Wildman–Crippen MR) is 59.1 cm³/mol. The molecule has 14 heavy (non-hydrogen) atoms. The zero-order chi connectivity index (χ0) is 9.54. The highest BCUT2D eigenvalue weighted by atomic mass is 32.1. The lowest BCUT2D eigenvalue weighted by molar-refractivity contribution is 1.16. The average molecular weight is 201 g/mol. The number of fused-ring (bicyclic) bond motifs is 2. The lowest BCUT2D eigenvalue weighted by Crippen LogP contribution is -2.09. The van der Waals surface area contributed by atoms with Crippen LogP contribution in [0.1, 0.15) is 0 Å². The third-order valence-electron chi connectivity index (χ3n) is 2.26. The van der Waals surface area contributed by atoms with E-state index in [0.29, 0.717) is 0 Å². The first kappa shape index (κ1) is 7.76. The van der Waals surface area contributed by atoms with E-state index in [1.54, 1.807) is 21.9 Å². The molecule has 0 saturated heterocycles. The Hall–Kier alpha value is -1.61. The zero-order valence-electron chi connectivity index (χ0n) is 7.31. The van der Waals surface area contributed by atoms with Crippen molar-refractivity contribution in [2.75, 3.05) is 0 Å². The van der Waals surface area contributed by atoms with E-state index in [1.165, 1.54) is 0 Å². The maximum Gasteiger partial charge on any atom is 0.264 e. The molecule has 0 amide bonds. The topological polar surface area (TPSA) is 21.5 Å². The van der Waals surface area contributed by atoms with Crippen molar-refractivity contribution in [3.8, 4) is 0 Å². The Morgan fingerprint density at radius 2 is 1.93 bits per heavy atom. The SMILES string of the molecule is O=c1c2ccccc2sc2cccn12. The van der Waals surface area contributed by atoms with Crippen molar-refractivity contribution in [3.63, 3.8) is 0 Å². The van der Waals surface area contributed by atoms with E-state index in [-0.39, 0.29) is 5.56 Å². The minimum Gasteiger partial charge on any atom is -0.275 e. The first-order chi connectivity index (χ1) is 6.86. The van der Waals surface area contributed by atoms with Crippen LogP contribution >= 0.6 is 11.3 Å². The van der Waals surface area contributed by atoms with Crippen LogP contribution in [0.2, 0.25) is 0 Å². The Balaban J connectivity index is 2.70. The lowest BCUT2D eigenvalue weighted by atomic mass is 10.3. The fourth-order valence-electron chi connectivity index (χ4n) is 1.59. The second-order valence-electron chi connectivity index (χ2n) is 3.12. The Kier molecular flexibility index (Phi) is 1.49. The molecule has 68 valence electrons. The first-order valence-corrected chi connectivity index (χ1v) is 5.17. The summed E-state index contributed by atoms with van der Waals surface area (Å²) < 4.78 is 2.73. The van der Waals surface area contributed by atoms with Crippen molar-refractivity contribution in [2.24, 2.45) is 0 Å². The summed E-state index contributed by atoms with van der Waals surface area (Å²) in [5, 5.41) is 0.793. The van der Waals surface area contributed by atoms with Crippen LogP contribution < -0.4 is 5.56 Å². The highest BCUT2D eigenvalue weighted by Crippen LogP contribution is 2.19. The number of hydrogen-bond donors (Lipinski definition) is 0. The van der Waals surface area contributed by atoms with Gasteiger partial charge in [-0.2, -0.15) is 0 Å². The molecule has 0 fully saturated rings. The van der Waals surface area contributed by atoms with Gasteiger partial charge >= 0.3 is 0 Å². The third kappa shape index (κ3) is 0.930. The van der Waals surface area contributed by atoms with Crippen molar-refractivity contribution in [1.82, 2.24) is 4.40 Å². The van der Waals surface area contributed by atoms with Crippen molar-refractivity contribution in [2.45, 2.75) is 0 Å². The second kappa shape index (κ2) is 2.69. The monoisotopic (exact) mass is 201 g/mol. The standard InChI is InChI=1S/C11H7NOS/c13-11-8-4-1-2-5-9(8)14-10-6-3-7-12(10)11/h1-7H. The van der Waals surface area contributed by atoms with Crippen LogP contribution in [0.3, 0.4) is 0 Å². The number of aromatic nitrogens is 1. The van der Waals surface area contributed by atoms with Crippen molar-refractivity contribution in [3.05, 3.63) is 52.9 Å². The Labute approximate surface area is 84.0 Å². The quantitative estimate of drug-likeness (QED) is 0.547. The number of nitrogens with zero attached hydrogens (tertiary/aromatic N) is 1. The Morgan fingerprint density at radius 1 is 1.07 bits per heavy atom. The molecule has 1 aromatic carbocycles. The molecule has 0 N–H and O–H groups in total. The van der Waals surface area contributed by atoms with E-state index in [0.717, 1.165) is 14.9 Å². The summed E-state index contributed by atoms with van der Waals surface area (Å²) in [6.45, 7) is 0. The molecule has 3 aromatic rings. The van der Waals surface area contributed by atoms with Crippen LogP contribution in [0, 0.1) is 0 Å². The number of rotatable bonds is 0. The molecular weight excluding hydrogens is 194 g/mol. The second-order valence-corrected chi connectivity index (χ2v) is 4.18. The molecule has 3 rings (SSSR count). The minimum atomic E-state index is 0.0688. The van der Waals surface area contributed by atoms with Gasteiger partial charge in [-0.3, -0.25) is 9.20 Å². The van der Waals surface area contributed by atoms with Gasteiger partial charge in [0, 0.05) is 10.9 Å². The van der Waals surface area contributed by atoms with Gasteiger partial charge in [0.25, 0.3) is 5.56 Å². The van der Waals surface area contributed by atoms with Gasteiger partial charge in [0.05, 0.1) is 5.39 Å². The molecule has 0 aliphatic heterocycles. The minimum absolute atomic E-state index is 0.0688. The fourth-order valence-corrected chi connectivity index (χ4v) is 2.62. The summed E-state index contributed by atoms with van der Waals surface area (Å²) >= 11 is 1.64. The fraction of sp³-hybridized carbons (Fsp3) is 0. The summed E-state index contributed by atoms with van der Waals surface area (Å²) in [7, 11) is 0. The van der Waals surface area contributed by atoms with Gasteiger partial charge in [0.1, 0.15) is 4.83 Å². The molecule has 0 unspecified atom stereocenters. The highest BCUT2D eigenvalue weighted by molar-refractivity contribution is 7.23. The molecule has 0 saturated carbocycles. The molecule has 2 aromatic heterocycles. The van der Waals surface area contributed by atoms with Gasteiger partial charge in [-0.05, 0) is 24.3 Å². The summed E-state index contributed by atoms with van der Waals surface area (Å²) in [6.07, 6.45) is 1.81. The van der Waals surface area contributed by atoms with Crippen LogP contribution in [-0.4, -0.2) is 4.40 Å². The maximum absolute atomic E-state index is 11.9. The highest BCUT2D eigenvalue weighted by Gasteiger charge is 2.02. The van der Waals surface area contributed by atoms with E-state index >= 15 is 0 Å². The molecule has 2 nitrogen and oxygen atoms in total. The van der Waals surface area contributed by atoms with Gasteiger partial charge < -0.3 is 0 Å². The Bertz CT molecular complexity index is 665. The molecule has 0 radical (unpaired) electrons.